The smallest absolute Gasteiger partial charge is 0.166 e. The van der Waals surface area contributed by atoms with E-state index in [0.717, 1.165) is 19.3 Å². The summed E-state index contributed by atoms with van der Waals surface area (Å²) in [5, 5.41) is 0. The van der Waals surface area contributed by atoms with Gasteiger partial charge in [-0.1, -0.05) is 105 Å². The minimum Gasteiger partial charge on any atom is -0.748 e. The molecule has 0 saturated carbocycles. The van der Waals surface area contributed by atoms with Crippen molar-refractivity contribution in [2.45, 2.75) is 69.9 Å². The van der Waals surface area contributed by atoms with Gasteiger partial charge in [-0.15, -0.1) is 0 Å². The molecular weight excluding hydrogens is 529 g/mol. The predicted molar refractivity (Wildman–Crippen MR) is 160 cm³/mol. The van der Waals surface area contributed by atoms with E-state index >= 15 is 0 Å². The van der Waals surface area contributed by atoms with E-state index in [4.69, 9.17) is 0 Å². The summed E-state index contributed by atoms with van der Waals surface area (Å²) in [5.74, 6) is -0.195. The molecule has 0 aromatic heterocycles. The molecule has 0 aliphatic rings. The van der Waals surface area contributed by atoms with Crippen LogP contribution in [-0.2, 0) is 21.0 Å². The van der Waals surface area contributed by atoms with Gasteiger partial charge in [0.25, 0.3) is 0 Å². The highest BCUT2D eigenvalue weighted by atomic mass is 32.2. The van der Waals surface area contributed by atoms with Crippen LogP contribution in [0.4, 0.5) is 0 Å². The fraction of sp³-hybridized carbons (Fsp3) is 0.250. The van der Waals surface area contributed by atoms with Crippen LogP contribution in [0.2, 0.25) is 0 Å². The lowest BCUT2D eigenvalue weighted by Gasteiger charge is -2.08. The SMILES string of the molecule is CCCCCCCCS(=O)(=O)[O-].c1ccc(Sc2ccc([S+](c3ccccc3)c3ccccc3)cc2)cc1. The van der Waals surface area contributed by atoms with Crippen molar-refractivity contribution >= 4 is 32.8 Å². The Morgan fingerprint density at radius 2 is 1.00 bits per heavy atom. The van der Waals surface area contributed by atoms with Gasteiger partial charge in [0.1, 0.15) is 0 Å². The van der Waals surface area contributed by atoms with E-state index in [0.29, 0.717) is 6.42 Å². The summed E-state index contributed by atoms with van der Waals surface area (Å²) >= 11 is 1.80. The van der Waals surface area contributed by atoms with E-state index in [1.54, 1.807) is 11.8 Å². The molecule has 4 rings (SSSR count). The number of hydrogen-bond acceptors (Lipinski definition) is 4. The van der Waals surface area contributed by atoms with Gasteiger partial charge in [0.15, 0.2) is 14.7 Å². The molecule has 4 aromatic rings. The largest absolute Gasteiger partial charge is 0.748 e. The van der Waals surface area contributed by atoms with Crippen LogP contribution in [0.1, 0.15) is 45.4 Å². The standard InChI is InChI=1S/C24H19S2.C8H18O3S/c1-4-10-20(11-5-1)25-21-16-18-24(19-17-21)26(22-12-6-2-7-13-22)23-14-8-3-9-15-23;1-2-3-4-5-6-7-8-12(9,10)11/h1-19H;2-8H2,1H3,(H,9,10,11)/q+1;/p-1. The number of unbranched alkanes of at least 4 members (excludes halogenated alkanes) is 5. The Morgan fingerprint density at radius 1 is 0.579 bits per heavy atom. The van der Waals surface area contributed by atoms with Gasteiger partial charge >= 0.3 is 0 Å². The maximum absolute atomic E-state index is 10.2. The topological polar surface area (TPSA) is 57.2 Å². The molecular formula is C32H36O3S3. The second-order valence-corrected chi connectivity index (χ2v) is 13.5. The van der Waals surface area contributed by atoms with Gasteiger partial charge < -0.3 is 4.55 Å². The normalized spacial score (nSPS) is 11.1. The third-order valence-electron chi connectivity index (χ3n) is 5.74. The van der Waals surface area contributed by atoms with Crippen molar-refractivity contribution < 1.29 is 13.0 Å². The van der Waals surface area contributed by atoms with E-state index in [1.165, 1.54) is 37.3 Å². The van der Waals surface area contributed by atoms with E-state index in [-0.39, 0.29) is 16.6 Å². The monoisotopic (exact) mass is 564 g/mol. The lowest BCUT2D eigenvalue weighted by atomic mass is 10.1. The third-order valence-corrected chi connectivity index (χ3v) is 9.78. The molecule has 38 heavy (non-hydrogen) atoms. The fourth-order valence-corrected chi connectivity index (χ4v) is 7.33. The van der Waals surface area contributed by atoms with Crippen LogP contribution in [-0.4, -0.2) is 18.7 Å². The van der Waals surface area contributed by atoms with Gasteiger partial charge in [0.05, 0.1) is 21.0 Å². The highest BCUT2D eigenvalue weighted by Crippen LogP contribution is 2.33. The van der Waals surface area contributed by atoms with Crippen LogP contribution >= 0.6 is 11.8 Å². The van der Waals surface area contributed by atoms with Gasteiger partial charge in [0.2, 0.25) is 0 Å². The number of rotatable bonds is 12. The summed E-state index contributed by atoms with van der Waals surface area (Å²) in [6.07, 6.45) is 5.96. The van der Waals surface area contributed by atoms with Crippen molar-refractivity contribution in [1.82, 2.24) is 0 Å². The second kappa shape index (κ2) is 16.5. The molecule has 0 N–H and O–H groups in total. The first-order valence-corrected chi connectivity index (χ1v) is 16.7. The van der Waals surface area contributed by atoms with Crippen molar-refractivity contribution in [2.75, 3.05) is 5.75 Å². The van der Waals surface area contributed by atoms with E-state index in [9.17, 15) is 13.0 Å². The minimum atomic E-state index is -3.97. The van der Waals surface area contributed by atoms with Crippen molar-refractivity contribution in [3.63, 3.8) is 0 Å². The highest BCUT2D eigenvalue weighted by molar-refractivity contribution is 7.99. The van der Waals surface area contributed by atoms with Gasteiger partial charge in [-0.25, -0.2) is 8.42 Å². The van der Waals surface area contributed by atoms with E-state index < -0.39 is 10.1 Å². The Morgan fingerprint density at radius 3 is 1.50 bits per heavy atom. The predicted octanol–water partition coefficient (Wildman–Crippen LogP) is 8.83. The summed E-state index contributed by atoms with van der Waals surface area (Å²) in [5.41, 5.74) is 0. The maximum atomic E-state index is 10.2. The van der Waals surface area contributed by atoms with Gasteiger partial charge in [-0.05, 0) is 67.1 Å². The summed E-state index contributed by atoms with van der Waals surface area (Å²) in [4.78, 5) is 6.58. The lowest BCUT2D eigenvalue weighted by molar-refractivity contribution is 0.459. The zero-order chi connectivity index (χ0) is 27.1. The molecule has 6 heteroatoms. The first kappa shape index (κ1) is 30.0. The number of benzene rings is 4. The molecule has 0 spiro atoms. The molecule has 0 aliphatic carbocycles. The Labute approximate surface area is 235 Å². The summed E-state index contributed by atoms with van der Waals surface area (Å²) in [7, 11) is -4.05. The Bertz CT molecular complexity index is 1240. The fourth-order valence-electron chi connectivity index (χ4n) is 3.85. The second-order valence-electron chi connectivity index (χ2n) is 8.85. The molecule has 200 valence electrons. The average Bonchev–Trinajstić information content (AvgIpc) is 2.93. The first-order valence-electron chi connectivity index (χ1n) is 13.1. The zero-order valence-corrected chi connectivity index (χ0v) is 24.3. The molecule has 4 aromatic carbocycles. The van der Waals surface area contributed by atoms with Crippen LogP contribution in [0.25, 0.3) is 0 Å². The summed E-state index contributed by atoms with van der Waals surface area (Å²) in [6, 6.07) is 41.1. The molecule has 0 atom stereocenters. The molecule has 0 radical (unpaired) electrons. The molecule has 0 amide bonds. The van der Waals surface area contributed by atoms with Crippen LogP contribution in [0, 0.1) is 0 Å². The summed E-state index contributed by atoms with van der Waals surface area (Å²) in [6.45, 7) is 2.13. The Balaban J connectivity index is 0.000000284. The van der Waals surface area contributed by atoms with Crippen LogP contribution < -0.4 is 0 Å². The van der Waals surface area contributed by atoms with E-state index in [1.807, 2.05) is 0 Å². The zero-order valence-electron chi connectivity index (χ0n) is 21.9. The van der Waals surface area contributed by atoms with Crippen molar-refractivity contribution in [1.29, 1.82) is 0 Å². The molecule has 0 unspecified atom stereocenters. The molecule has 0 bridgehead atoms. The van der Waals surface area contributed by atoms with Gasteiger partial charge in [0, 0.05) is 15.5 Å². The maximum Gasteiger partial charge on any atom is 0.166 e. The van der Waals surface area contributed by atoms with Crippen LogP contribution in [0.3, 0.4) is 0 Å². The van der Waals surface area contributed by atoms with Crippen molar-refractivity contribution in [3.05, 3.63) is 115 Å². The lowest BCUT2D eigenvalue weighted by Crippen LogP contribution is -2.04. The molecule has 3 nitrogen and oxygen atoms in total. The Kier molecular flexibility index (Phi) is 13.0. The van der Waals surface area contributed by atoms with E-state index in [2.05, 4.69) is 122 Å². The number of hydrogen-bond donors (Lipinski definition) is 0. The van der Waals surface area contributed by atoms with Crippen molar-refractivity contribution in [3.8, 4) is 0 Å². The molecule has 0 fully saturated rings. The molecule has 0 saturated heterocycles. The summed E-state index contributed by atoms with van der Waals surface area (Å²) < 4.78 is 30.5. The molecule has 0 aliphatic heterocycles. The Hall–Kier alpha value is -2.51. The first-order chi connectivity index (χ1) is 18.5. The van der Waals surface area contributed by atoms with Gasteiger partial charge in [-0.2, -0.15) is 0 Å². The minimum absolute atomic E-state index is 0.0786. The quantitative estimate of drug-likeness (QED) is 0.0980. The van der Waals surface area contributed by atoms with Crippen LogP contribution in [0.15, 0.2) is 140 Å². The highest BCUT2D eigenvalue weighted by Gasteiger charge is 2.28. The van der Waals surface area contributed by atoms with Crippen LogP contribution in [0.5, 0.6) is 0 Å². The van der Waals surface area contributed by atoms with Gasteiger partial charge in [-0.3, -0.25) is 0 Å². The van der Waals surface area contributed by atoms with Crippen molar-refractivity contribution in [2.24, 2.45) is 0 Å². The molecule has 0 heterocycles. The third kappa shape index (κ3) is 11.1. The average molecular weight is 565 g/mol.